The Morgan fingerprint density at radius 3 is 2.38 bits per heavy atom. The van der Waals surface area contributed by atoms with E-state index in [9.17, 15) is 9.59 Å². The third kappa shape index (κ3) is 8.60. The van der Waals surface area contributed by atoms with Crippen LogP contribution in [0, 0.1) is 0 Å². The summed E-state index contributed by atoms with van der Waals surface area (Å²) in [6, 6.07) is 0. The number of hydrogen-bond donors (Lipinski definition) is 1. The zero-order chi connectivity index (χ0) is 9.56. The summed E-state index contributed by atoms with van der Waals surface area (Å²) in [5.74, 6) is -0.998. The molecule has 6 heteroatoms. The molecule has 0 aliphatic heterocycles. The van der Waals surface area contributed by atoms with E-state index in [0.717, 1.165) is 6.08 Å². The van der Waals surface area contributed by atoms with E-state index >= 15 is 0 Å². The monoisotopic (exact) mass is 213 g/mol. The van der Waals surface area contributed by atoms with Crippen LogP contribution in [0.15, 0.2) is 11.8 Å². The fraction of sp³-hybridized carbons (Fsp3) is 0.429. The number of nitrogens with two attached hydrogens (primary N) is 1. The van der Waals surface area contributed by atoms with Gasteiger partial charge in [-0.25, -0.2) is 4.79 Å². The van der Waals surface area contributed by atoms with E-state index in [4.69, 9.17) is 5.73 Å². The predicted octanol–water partition coefficient (Wildman–Crippen LogP) is -1.08. The number of hydrogen-bond acceptors (Lipinski definition) is 5. The molecule has 0 atom stereocenters. The Balaban J connectivity index is 0. The summed E-state index contributed by atoms with van der Waals surface area (Å²) in [5, 5.41) is 0. The maximum atomic E-state index is 10.6. The first-order chi connectivity index (χ1) is 5.60. The standard InChI is InChI=1S/C7H11NO4.K.H/c1-5(3-6(9)11-2)12-7(10)4-8;;/h3H,4,8H2,1-2H3;;. The Morgan fingerprint density at radius 1 is 1.46 bits per heavy atom. The Hall–Kier alpha value is 0.276. The fourth-order valence-corrected chi connectivity index (χ4v) is 0.476. The summed E-state index contributed by atoms with van der Waals surface area (Å²) >= 11 is 0. The van der Waals surface area contributed by atoms with Crippen molar-refractivity contribution in [3.8, 4) is 0 Å². The minimum atomic E-state index is -0.590. The summed E-state index contributed by atoms with van der Waals surface area (Å²) in [6.07, 6.45) is 1.06. The number of esters is 2. The maximum absolute atomic E-state index is 10.6. The van der Waals surface area contributed by atoms with Crippen LogP contribution in [0.1, 0.15) is 6.92 Å². The molecular formula is C7H12KNO4. The molecule has 70 valence electrons. The molecule has 0 aliphatic rings. The Kier molecular flexibility index (Phi) is 10.7. The van der Waals surface area contributed by atoms with Crippen molar-refractivity contribution in [3.05, 3.63) is 11.8 Å². The summed E-state index contributed by atoms with van der Waals surface area (Å²) in [5.41, 5.74) is 4.97. The van der Waals surface area contributed by atoms with Gasteiger partial charge in [0.1, 0.15) is 5.76 Å². The first-order valence-corrected chi connectivity index (χ1v) is 3.27. The van der Waals surface area contributed by atoms with Gasteiger partial charge in [0.05, 0.1) is 19.7 Å². The van der Waals surface area contributed by atoms with Crippen LogP contribution in [0.5, 0.6) is 0 Å². The van der Waals surface area contributed by atoms with Gasteiger partial charge in [0, 0.05) is 0 Å². The van der Waals surface area contributed by atoms with Crippen molar-refractivity contribution in [2.24, 2.45) is 5.73 Å². The topological polar surface area (TPSA) is 78.6 Å². The molecule has 0 radical (unpaired) electrons. The molecule has 0 saturated carbocycles. The van der Waals surface area contributed by atoms with Gasteiger partial charge in [0.25, 0.3) is 0 Å². The molecule has 0 spiro atoms. The molecule has 0 amide bonds. The van der Waals surface area contributed by atoms with Crippen LogP contribution in [0.2, 0.25) is 0 Å². The molecule has 0 fully saturated rings. The molecule has 0 bridgehead atoms. The average Bonchev–Trinajstić information content (AvgIpc) is 2.03. The molecular weight excluding hydrogens is 201 g/mol. The van der Waals surface area contributed by atoms with Crippen LogP contribution < -0.4 is 5.73 Å². The quantitative estimate of drug-likeness (QED) is 0.279. The fourth-order valence-electron chi connectivity index (χ4n) is 0.476. The van der Waals surface area contributed by atoms with Crippen LogP contribution in [-0.2, 0) is 19.1 Å². The van der Waals surface area contributed by atoms with Crippen LogP contribution in [0.25, 0.3) is 0 Å². The molecule has 0 aromatic rings. The molecule has 0 aromatic heterocycles. The minimum absolute atomic E-state index is 0. The number of carbonyl (C=O) groups excluding carboxylic acids is 2. The van der Waals surface area contributed by atoms with Gasteiger partial charge in [-0.1, -0.05) is 0 Å². The van der Waals surface area contributed by atoms with E-state index in [0.29, 0.717) is 0 Å². The normalized spacial score (nSPS) is 9.92. The summed E-state index contributed by atoms with van der Waals surface area (Å²) in [4.78, 5) is 21.1. The van der Waals surface area contributed by atoms with Gasteiger partial charge in [0.2, 0.25) is 0 Å². The van der Waals surface area contributed by atoms with Gasteiger partial charge >= 0.3 is 63.3 Å². The van der Waals surface area contributed by atoms with Crippen molar-refractivity contribution in [1.29, 1.82) is 0 Å². The molecule has 5 nitrogen and oxygen atoms in total. The number of ether oxygens (including phenoxy) is 2. The van der Waals surface area contributed by atoms with Crippen molar-refractivity contribution < 1.29 is 19.1 Å². The van der Waals surface area contributed by atoms with Crippen molar-refractivity contribution in [3.63, 3.8) is 0 Å². The van der Waals surface area contributed by atoms with Crippen molar-refractivity contribution in [2.75, 3.05) is 13.7 Å². The molecule has 0 rings (SSSR count). The zero-order valence-corrected chi connectivity index (χ0v) is 6.99. The van der Waals surface area contributed by atoms with E-state index in [1.807, 2.05) is 0 Å². The predicted molar refractivity (Wildman–Crippen MR) is 48.1 cm³/mol. The van der Waals surface area contributed by atoms with Crippen molar-refractivity contribution in [1.82, 2.24) is 0 Å². The van der Waals surface area contributed by atoms with Crippen molar-refractivity contribution in [2.45, 2.75) is 6.92 Å². The Bertz CT molecular complexity index is 215. The first kappa shape index (κ1) is 15.7. The third-order valence-corrected chi connectivity index (χ3v) is 0.964. The molecule has 0 aliphatic carbocycles. The van der Waals surface area contributed by atoms with Crippen LogP contribution in [0.3, 0.4) is 0 Å². The van der Waals surface area contributed by atoms with Gasteiger partial charge in [0.15, 0.2) is 0 Å². The van der Waals surface area contributed by atoms with E-state index < -0.39 is 11.9 Å². The van der Waals surface area contributed by atoms with E-state index in [1.54, 1.807) is 0 Å². The molecule has 0 heterocycles. The zero-order valence-electron chi connectivity index (χ0n) is 6.99. The van der Waals surface area contributed by atoms with E-state index in [2.05, 4.69) is 9.47 Å². The van der Waals surface area contributed by atoms with Crippen LogP contribution >= 0.6 is 0 Å². The van der Waals surface area contributed by atoms with E-state index in [-0.39, 0.29) is 63.7 Å². The van der Waals surface area contributed by atoms with Gasteiger partial charge < -0.3 is 15.2 Å². The van der Waals surface area contributed by atoms with Gasteiger partial charge in [-0.15, -0.1) is 0 Å². The number of methoxy groups -OCH3 is 1. The number of carbonyl (C=O) groups is 2. The van der Waals surface area contributed by atoms with Crippen LogP contribution in [0.4, 0.5) is 0 Å². The molecule has 0 unspecified atom stereocenters. The molecule has 0 aromatic carbocycles. The van der Waals surface area contributed by atoms with Gasteiger partial charge in [-0.2, -0.15) is 0 Å². The third-order valence-electron chi connectivity index (χ3n) is 0.964. The number of allylic oxidation sites excluding steroid dienone is 1. The van der Waals surface area contributed by atoms with Crippen LogP contribution in [-0.4, -0.2) is 77.0 Å². The average molecular weight is 213 g/mol. The summed E-state index contributed by atoms with van der Waals surface area (Å²) in [7, 11) is 1.23. The SMILES string of the molecule is COC(=O)C=C(C)OC(=O)CN.[KH]. The second-order valence-corrected chi connectivity index (χ2v) is 1.96. The first-order valence-electron chi connectivity index (χ1n) is 3.27. The molecule has 13 heavy (non-hydrogen) atoms. The van der Waals surface area contributed by atoms with Gasteiger partial charge in [-0.05, 0) is 6.92 Å². The molecule has 2 N–H and O–H groups in total. The van der Waals surface area contributed by atoms with Crippen molar-refractivity contribution >= 4 is 63.3 Å². The summed E-state index contributed by atoms with van der Waals surface area (Å²) in [6.45, 7) is 1.25. The Morgan fingerprint density at radius 2 is 2.00 bits per heavy atom. The van der Waals surface area contributed by atoms with Gasteiger partial charge in [-0.3, -0.25) is 4.79 Å². The van der Waals surface area contributed by atoms with E-state index in [1.165, 1.54) is 14.0 Å². The Labute approximate surface area is 119 Å². The number of rotatable bonds is 3. The molecule has 0 saturated heterocycles. The second-order valence-electron chi connectivity index (χ2n) is 1.96. The second kappa shape index (κ2) is 8.86. The summed E-state index contributed by atoms with van der Waals surface area (Å²) < 4.78 is 8.87.